The summed E-state index contributed by atoms with van der Waals surface area (Å²) in [5.74, 6) is 3.80. The van der Waals surface area contributed by atoms with Crippen LogP contribution in [0, 0.1) is 59.3 Å². The number of halogens is 1. The van der Waals surface area contributed by atoms with E-state index < -0.39 is 30.1 Å². The number of pyridine rings is 3. The van der Waals surface area contributed by atoms with Gasteiger partial charge in [-0.2, -0.15) is 4.31 Å². The molecule has 0 atom stereocenters. The molecule has 28 nitrogen and oxygen atoms in total. The van der Waals surface area contributed by atoms with Crippen LogP contribution in [0.15, 0.2) is 125 Å². The van der Waals surface area contributed by atoms with Crippen LogP contribution in [0.5, 0.6) is 17.2 Å². The molecule has 0 bridgehead atoms. The van der Waals surface area contributed by atoms with Crippen molar-refractivity contribution in [3.63, 3.8) is 0 Å². The lowest BCUT2D eigenvalue weighted by atomic mass is 9.93. The number of hydrogen-bond donors (Lipinski definition) is 1. The molecule has 3 aliphatic heterocycles. The summed E-state index contributed by atoms with van der Waals surface area (Å²) >= 11 is 0. The van der Waals surface area contributed by atoms with Gasteiger partial charge in [-0.3, -0.25) is 29.3 Å². The molecule has 6 aromatic rings. The summed E-state index contributed by atoms with van der Waals surface area (Å²) in [5, 5.41) is 3.24. The number of benzene rings is 3. The molecule has 3 aromatic heterocycles. The highest BCUT2D eigenvalue weighted by Crippen LogP contribution is 2.33. The molecule has 0 saturated carbocycles. The van der Waals surface area contributed by atoms with Crippen LogP contribution < -0.4 is 34.2 Å². The second-order valence-corrected chi connectivity index (χ2v) is 35.6. The largest absolute Gasteiger partial charge is 0.491 e. The van der Waals surface area contributed by atoms with E-state index in [0.29, 0.717) is 122 Å². The number of hydrogen-bond acceptors (Lipinski definition) is 23. The Kier molecular flexibility index (Phi) is 43.3. The number of ether oxygens (including phenoxy) is 7. The lowest BCUT2D eigenvalue weighted by Crippen LogP contribution is -2.37. The third-order valence-corrected chi connectivity index (χ3v) is 27.7. The van der Waals surface area contributed by atoms with Crippen LogP contribution in [0.2, 0.25) is 0 Å². The number of rotatable bonds is 40. The predicted octanol–water partition coefficient (Wildman–Crippen LogP) is 10.5. The Morgan fingerprint density at radius 3 is 0.948 bits per heavy atom. The Hall–Kier alpha value is -7.82. The van der Waals surface area contributed by atoms with E-state index in [1.807, 2.05) is 68.5 Å². The first kappa shape index (κ1) is 98.8. The molecule has 3 fully saturated rings. The standard InChI is InChI=1S/2C28H42N4O5S.C15H23NO6S.C13H21N3.ClH/c2*1-22-20-26(37-19-18-36-5)21-23(2)28(22)38(34,35)31(4)15-11-27(33)30(3)14-8-24-9-16-32(17-10-24)25-6-12-29-13-7-25;1-12-9-14(22-8-7-20-4)10-13(2)15(12)23(18,19)16(3)5-6-21-11-17;1-14-7-2-12-5-10-16(11-6-12)13-3-8-15-9-4-13;/h2*6-7,12-13,20-21,24H,8-11,14-19H2,1-5H3;9-11H,5-8H2,1-4H3;3-4,8-9,12,14H,2,5-7,10-11H2,1H3;1H. The van der Waals surface area contributed by atoms with E-state index in [1.165, 1.54) is 79.2 Å². The maximum absolute atomic E-state index is 13.3. The lowest BCUT2D eigenvalue weighted by molar-refractivity contribution is -0.131. The number of piperidine rings is 3. The van der Waals surface area contributed by atoms with E-state index in [4.69, 9.17) is 28.4 Å². The number of nitrogens with one attached hydrogen (secondary N) is 1. The lowest BCUT2D eigenvalue weighted by Gasteiger charge is -2.34. The van der Waals surface area contributed by atoms with Gasteiger partial charge in [0, 0.05) is 196 Å². The smallest absolute Gasteiger partial charge is 0.293 e. The van der Waals surface area contributed by atoms with Gasteiger partial charge in [-0.25, -0.2) is 33.9 Å². The molecule has 32 heteroatoms. The van der Waals surface area contributed by atoms with Gasteiger partial charge in [0.15, 0.2) is 0 Å². The highest BCUT2D eigenvalue weighted by Gasteiger charge is 2.31. The normalized spacial score (nSPS) is 14.3. The van der Waals surface area contributed by atoms with E-state index in [1.54, 1.807) is 123 Å². The molecule has 6 heterocycles. The fraction of sp³-hybridized carbons (Fsp3) is 0.571. The summed E-state index contributed by atoms with van der Waals surface area (Å²) in [6.45, 7) is 22.6. The van der Waals surface area contributed by atoms with Gasteiger partial charge in [0.05, 0.1) is 34.5 Å². The number of aromatic nitrogens is 3. The van der Waals surface area contributed by atoms with E-state index >= 15 is 0 Å². The number of amides is 2. The van der Waals surface area contributed by atoms with Crippen LogP contribution in [0.3, 0.4) is 0 Å². The summed E-state index contributed by atoms with van der Waals surface area (Å²) < 4.78 is 119. The van der Waals surface area contributed by atoms with Crippen LogP contribution in [-0.2, 0) is 63.4 Å². The Bertz CT molecular complexity index is 4010. The van der Waals surface area contributed by atoms with Crippen LogP contribution in [0.1, 0.15) is 104 Å². The number of carbonyl (C=O) groups is 3. The van der Waals surface area contributed by atoms with Crippen LogP contribution in [-0.4, -0.2) is 270 Å². The molecule has 9 rings (SSSR count). The Labute approximate surface area is 697 Å². The summed E-state index contributed by atoms with van der Waals surface area (Å²) in [6, 6.07) is 22.7. The second kappa shape index (κ2) is 50.8. The molecule has 3 aromatic carbocycles. The van der Waals surface area contributed by atoms with Gasteiger partial charge >= 0.3 is 0 Å². The van der Waals surface area contributed by atoms with Gasteiger partial charge in [-0.05, 0) is 237 Å². The molecule has 0 unspecified atom stereocenters. The predicted molar refractivity (Wildman–Crippen MR) is 458 cm³/mol. The van der Waals surface area contributed by atoms with Crippen molar-refractivity contribution in [2.24, 2.45) is 17.8 Å². The van der Waals surface area contributed by atoms with Crippen LogP contribution in [0.4, 0.5) is 17.1 Å². The van der Waals surface area contributed by atoms with Crippen molar-refractivity contribution in [3.8, 4) is 17.2 Å². The number of anilines is 3. The van der Waals surface area contributed by atoms with Crippen molar-refractivity contribution in [1.82, 2.24) is 43.0 Å². The summed E-state index contributed by atoms with van der Waals surface area (Å²) in [6.07, 6.45) is 21.6. The van der Waals surface area contributed by atoms with E-state index in [9.17, 15) is 39.6 Å². The van der Waals surface area contributed by atoms with Crippen molar-refractivity contribution in [2.75, 3.05) is 203 Å². The molecule has 0 spiro atoms. The molecule has 1 N–H and O–H groups in total. The number of aryl methyl sites for hydroxylation is 6. The number of sulfonamides is 3. The van der Waals surface area contributed by atoms with Crippen molar-refractivity contribution >= 4 is 77.8 Å². The van der Waals surface area contributed by atoms with Gasteiger partial charge < -0.3 is 63.0 Å². The Balaban J connectivity index is 0.000000289. The number of methoxy groups -OCH3 is 3. The van der Waals surface area contributed by atoms with Crippen molar-refractivity contribution < 1.29 is 72.8 Å². The number of likely N-dealkylation sites (N-methyl/N-ethyl adjacent to an activating group) is 1. The minimum absolute atomic E-state index is 0. The maximum atomic E-state index is 13.3. The van der Waals surface area contributed by atoms with Crippen LogP contribution >= 0.6 is 12.4 Å². The highest BCUT2D eigenvalue weighted by molar-refractivity contribution is 7.89. The van der Waals surface area contributed by atoms with Crippen molar-refractivity contribution in [1.29, 1.82) is 0 Å². The minimum Gasteiger partial charge on any atom is -0.491 e. The molecule has 646 valence electrons. The first-order valence-corrected chi connectivity index (χ1v) is 44.0. The Morgan fingerprint density at radius 2 is 0.690 bits per heavy atom. The van der Waals surface area contributed by atoms with E-state index in [2.05, 4.69) is 51.8 Å². The topological polar surface area (TPSA) is 295 Å². The summed E-state index contributed by atoms with van der Waals surface area (Å²) in [7, 11) is 3.77. The highest BCUT2D eigenvalue weighted by atomic mass is 35.5. The van der Waals surface area contributed by atoms with Gasteiger partial charge in [0.1, 0.15) is 43.7 Å². The molecular formula is C84H129ClN12O16S3. The van der Waals surface area contributed by atoms with Gasteiger partial charge in [-0.1, -0.05) is 0 Å². The average Bonchev–Trinajstić information content (AvgIpc) is 0.793. The zero-order chi connectivity index (χ0) is 84.1. The maximum Gasteiger partial charge on any atom is 0.293 e. The molecule has 3 saturated heterocycles. The third kappa shape index (κ3) is 31.2. The Morgan fingerprint density at radius 1 is 0.422 bits per heavy atom. The quantitative estimate of drug-likeness (QED) is 0.0276. The first-order valence-electron chi connectivity index (χ1n) is 39.7. The molecular weight excluding hydrogens is 1560 g/mol. The third-order valence-electron chi connectivity index (χ3n) is 21.2. The zero-order valence-corrected chi connectivity index (χ0v) is 74.3. The second-order valence-electron chi connectivity index (χ2n) is 29.6. The van der Waals surface area contributed by atoms with Crippen LogP contribution in [0.25, 0.3) is 0 Å². The molecule has 0 aliphatic carbocycles. The molecule has 116 heavy (non-hydrogen) atoms. The molecule has 2 amide bonds. The summed E-state index contributed by atoms with van der Waals surface area (Å²) in [4.78, 5) is 59.4. The summed E-state index contributed by atoms with van der Waals surface area (Å²) in [5.41, 5.74) is 7.39. The first-order chi connectivity index (χ1) is 55.0. The van der Waals surface area contributed by atoms with Gasteiger partial charge in [0.2, 0.25) is 41.9 Å². The molecule has 3 aliphatic rings. The fourth-order valence-corrected chi connectivity index (χ4v) is 19.0. The van der Waals surface area contributed by atoms with E-state index in [-0.39, 0.29) is 78.0 Å². The monoisotopic (exact) mass is 1690 g/mol. The number of carbonyl (C=O) groups excluding carboxylic acids is 3. The SMILES string of the molecule is CNCCC1CCN(c2ccncc2)CC1.COCCOc1cc(C)c(S(=O)(=O)N(C)CCC(=O)N(C)CCC2CCN(c3ccncc3)CC2)c(C)c1.COCCOc1cc(C)c(S(=O)(=O)N(C)CCC(=O)N(C)CCC2CCN(c3ccncc3)CC2)c(C)c1.COCCOc1cc(C)c(S(=O)(=O)N(C)CCOC=O)c(C)c1.Cl. The van der Waals surface area contributed by atoms with Gasteiger partial charge in [-0.15, -0.1) is 12.4 Å². The fourth-order valence-electron chi connectivity index (χ4n) is 14.3. The van der Waals surface area contributed by atoms with Crippen molar-refractivity contribution in [3.05, 3.63) is 143 Å². The minimum atomic E-state index is -3.75. The average molecular weight is 1690 g/mol. The van der Waals surface area contributed by atoms with E-state index in [0.717, 1.165) is 81.5 Å². The zero-order valence-electron chi connectivity index (χ0n) is 71.0. The number of nitrogens with zero attached hydrogens (tertiary/aromatic N) is 11. The van der Waals surface area contributed by atoms with Crippen molar-refractivity contribution in [2.45, 2.75) is 127 Å². The molecule has 0 radical (unpaired) electrons. The van der Waals surface area contributed by atoms with Gasteiger partial charge in [0.25, 0.3) is 6.47 Å².